The number of nitrogens with one attached hydrogen (secondary N) is 1. The predicted molar refractivity (Wildman–Crippen MR) is 115 cm³/mol. The van der Waals surface area contributed by atoms with Gasteiger partial charge in [-0.2, -0.15) is 0 Å². The van der Waals surface area contributed by atoms with Crippen LogP contribution >= 0.6 is 22.9 Å². The van der Waals surface area contributed by atoms with Crippen LogP contribution in [0.25, 0.3) is 0 Å². The van der Waals surface area contributed by atoms with E-state index in [1.807, 2.05) is 26.0 Å². The summed E-state index contributed by atoms with van der Waals surface area (Å²) in [5.74, 6) is -0.457. The third kappa shape index (κ3) is 4.06. The normalized spacial score (nSPS) is 11.3. The van der Waals surface area contributed by atoms with Crippen LogP contribution in [0, 0.1) is 13.8 Å². The summed E-state index contributed by atoms with van der Waals surface area (Å²) in [6.45, 7) is 3.94. The van der Waals surface area contributed by atoms with Gasteiger partial charge in [0, 0.05) is 17.8 Å². The molecule has 1 amide bonds. The Kier molecular flexibility index (Phi) is 5.79. The van der Waals surface area contributed by atoms with Crippen molar-refractivity contribution < 1.29 is 13.2 Å². The average molecular weight is 435 g/mol. The van der Waals surface area contributed by atoms with Gasteiger partial charge in [-0.05, 0) is 72.8 Å². The van der Waals surface area contributed by atoms with Crippen molar-refractivity contribution >= 4 is 50.2 Å². The molecule has 1 N–H and O–H groups in total. The van der Waals surface area contributed by atoms with Gasteiger partial charge in [-0.1, -0.05) is 17.7 Å². The van der Waals surface area contributed by atoms with Gasteiger partial charge in [-0.15, -0.1) is 11.3 Å². The van der Waals surface area contributed by atoms with Gasteiger partial charge in [-0.25, -0.2) is 8.42 Å². The number of carbonyl (C=O) groups is 1. The van der Waals surface area contributed by atoms with Gasteiger partial charge in [-0.3, -0.25) is 9.10 Å². The molecular formula is C20H19ClN2O3S2. The number of benzene rings is 2. The number of anilines is 2. The molecule has 146 valence electrons. The quantitative estimate of drug-likeness (QED) is 0.607. The van der Waals surface area contributed by atoms with E-state index in [1.165, 1.54) is 13.1 Å². The molecule has 0 aliphatic heterocycles. The zero-order valence-electron chi connectivity index (χ0n) is 15.6. The minimum atomic E-state index is -3.90. The van der Waals surface area contributed by atoms with Crippen LogP contribution in [0.1, 0.15) is 20.8 Å². The van der Waals surface area contributed by atoms with E-state index in [9.17, 15) is 13.2 Å². The second kappa shape index (κ2) is 7.95. The van der Waals surface area contributed by atoms with Gasteiger partial charge in [0.1, 0.15) is 9.77 Å². The number of aryl methyl sites for hydroxylation is 2. The van der Waals surface area contributed by atoms with Crippen molar-refractivity contribution in [3.8, 4) is 0 Å². The maximum absolute atomic E-state index is 13.1. The molecular weight excluding hydrogens is 416 g/mol. The third-order valence-corrected chi connectivity index (χ3v) is 7.55. The molecule has 0 atom stereocenters. The van der Waals surface area contributed by atoms with Crippen molar-refractivity contribution in [2.24, 2.45) is 0 Å². The van der Waals surface area contributed by atoms with Gasteiger partial charge < -0.3 is 5.32 Å². The van der Waals surface area contributed by atoms with Gasteiger partial charge in [0.2, 0.25) is 0 Å². The third-order valence-electron chi connectivity index (χ3n) is 4.43. The Morgan fingerprint density at radius 1 is 1.04 bits per heavy atom. The Morgan fingerprint density at radius 3 is 2.36 bits per heavy atom. The SMILES string of the molecule is Cc1ccc(NC(=O)c2sccc2S(=O)(=O)N(C)c2ccc(Cl)cc2)cc1C. The van der Waals surface area contributed by atoms with Crippen molar-refractivity contribution in [3.63, 3.8) is 0 Å². The number of nitrogens with zero attached hydrogens (tertiary/aromatic N) is 1. The van der Waals surface area contributed by atoms with E-state index >= 15 is 0 Å². The lowest BCUT2D eigenvalue weighted by Crippen LogP contribution is -2.28. The highest BCUT2D eigenvalue weighted by Gasteiger charge is 2.28. The number of halogens is 1. The van der Waals surface area contributed by atoms with Crippen molar-refractivity contribution in [3.05, 3.63) is 74.9 Å². The summed E-state index contributed by atoms with van der Waals surface area (Å²) < 4.78 is 27.3. The molecule has 0 unspecified atom stereocenters. The molecule has 0 saturated heterocycles. The van der Waals surface area contributed by atoms with E-state index < -0.39 is 15.9 Å². The number of amides is 1. The molecule has 0 saturated carbocycles. The van der Waals surface area contributed by atoms with E-state index in [2.05, 4.69) is 5.32 Å². The number of thiophene rings is 1. The first kappa shape index (κ1) is 20.4. The van der Waals surface area contributed by atoms with Crippen molar-refractivity contribution in [1.82, 2.24) is 0 Å². The molecule has 0 aliphatic rings. The summed E-state index contributed by atoms with van der Waals surface area (Å²) in [6.07, 6.45) is 0. The van der Waals surface area contributed by atoms with Crippen LogP contribution in [0.2, 0.25) is 5.02 Å². The van der Waals surface area contributed by atoms with E-state index in [-0.39, 0.29) is 9.77 Å². The molecule has 1 aromatic heterocycles. The summed E-state index contributed by atoms with van der Waals surface area (Å²) in [4.78, 5) is 12.8. The fourth-order valence-electron chi connectivity index (χ4n) is 2.61. The number of hydrogen-bond acceptors (Lipinski definition) is 4. The molecule has 28 heavy (non-hydrogen) atoms. The topological polar surface area (TPSA) is 66.5 Å². The monoisotopic (exact) mass is 434 g/mol. The Bertz CT molecular complexity index is 1120. The van der Waals surface area contributed by atoms with Gasteiger partial charge in [0.25, 0.3) is 15.9 Å². The zero-order valence-corrected chi connectivity index (χ0v) is 18.0. The lowest BCUT2D eigenvalue weighted by Gasteiger charge is -2.19. The fourth-order valence-corrected chi connectivity index (χ4v) is 5.23. The van der Waals surface area contributed by atoms with Crippen molar-refractivity contribution in [2.45, 2.75) is 18.7 Å². The minimum absolute atomic E-state index is 0.0312. The highest BCUT2D eigenvalue weighted by Crippen LogP contribution is 2.29. The molecule has 8 heteroatoms. The second-order valence-electron chi connectivity index (χ2n) is 6.32. The second-order valence-corrected chi connectivity index (χ2v) is 9.61. The van der Waals surface area contributed by atoms with E-state index in [4.69, 9.17) is 11.6 Å². The maximum atomic E-state index is 13.1. The summed E-state index contributed by atoms with van der Waals surface area (Å²) in [6, 6.07) is 13.5. The molecule has 0 bridgehead atoms. The van der Waals surface area contributed by atoms with Crippen LogP contribution in [0.15, 0.2) is 58.8 Å². The molecule has 1 heterocycles. The summed E-state index contributed by atoms with van der Waals surface area (Å²) in [7, 11) is -2.46. The van der Waals surface area contributed by atoms with Crippen LogP contribution in [0.4, 0.5) is 11.4 Å². The molecule has 3 aromatic rings. The lowest BCUT2D eigenvalue weighted by atomic mass is 10.1. The van der Waals surface area contributed by atoms with Crippen LogP contribution < -0.4 is 9.62 Å². The van der Waals surface area contributed by atoms with Gasteiger partial charge in [0.05, 0.1) is 5.69 Å². The van der Waals surface area contributed by atoms with Crippen LogP contribution in [0.5, 0.6) is 0 Å². The lowest BCUT2D eigenvalue weighted by molar-refractivity contribution is 0.102. The number of sulfonamides is 1. The molecule has 2 aromatic carbocycles. The molecule has 0 fully saturated rings. The van der Waals surface area contributed by atoms with Crippen molar-refractivity contribution in [1.29, 1.82) is 0 Å². The Balaban J connectivity index is 1.90. The Morgan fingerprint density at radius 2 is 1.71 bits per heavy atom. The van der Waals surface area contributed by atoms with Gasteiger partial charge in [0.15, 0.2) is 0 Å². The molecule has 0 radical (unpaired) electrons. The highest BCUT2D eigenvalue weighted by molar-refractivity contribution is 7.93. The first-order valence-corrected chi connectivity index (χ1v) is 11.1. The van der Waals surface area contributed by atoms with Gasteiger partial charge >= 0.3 is 0 Å². The maximum Gasteiger partial charge on any atom is 0.267 e. The smallest absolute Gasteiger partial charge is 0.267 e. The molecule has 0 spiro atoms. The fraction of sp³-hybridized carbons (Fsp3) is 0.150. The summed E-state index contributed by atoms with van der Waals surface area (Å²) in [5.41, 5.74) is 3.23. The average Bonchev–Trinajstić information content (AvgIpc) is 3.16. The Hall–Kier alpha value is -2.35. The summed E-state index contributed by atoms with van der Waals surface area (Å²) in [5, 5.41) is 4.89. The molecule has 3 rings (SSSR count). The zero-order chi connectivity index (χ0) is 20.5. The number of rotatable bonds is 5. The Labute approximate surface area is 173 Å². The first-order chi connectivity index (χ1) is 13.2. The van der Waals surface area contributed by atoms with Crippen LogP contribution in [-0.4, -0.2) is 21.4 Å². The molecule has 0 aliphatic carbocycles. The minimum Gasteiger partial charge on any atom is -0.321 e. The molecule has 5 nitrogen and oxygen atoms in total. The largest absolute Gasteiger partial charge is 0.321 e. The van der Waals surface area contributed by atoms with Crippen LogP contribution in [0.3, 0.4) is 0 Å². The number of carbonyl (C=O) groups excluding carboxylic acids is 1. The standard InChI is InChI=1S/C20H19ClN2O3S2/c1-13-4-7-16(12-14(13)2)22-20(24)19-18(10-11-27-19)28(25,26)23(3)17-8-5-15(21)6-9-17/h4-12H,1-3H3,(H,22,24). The van der Waals surface area contributed by atoms with E-state index in [0.717, 1.165) is 26.8 Å². The highest BCUT2D eigenvalue weighted by atomic mass is 35.5. The predicted octanol–water partition coefficient (Wildman–Crippen LogP) is 5.10. The number of hydrogen-bond donors (Lipinski definition) is 1. The van der Waals surface area contributed by atoms with E-state index in [0.29, 0.717) is 16.4 Å². The van der Waals surface area contributed by atoms with Crippen LogP contribution in [-0.2, 0) is 10.0 Å². The van der Waals surface area contributed by atoms with Crippen molar-refractivity contribution in [2.75, 3.05) is 16.7 Å². The first-order valence-electron chi connectivity index (χ1n) is 8.41. The van der Waals surface area contributed by atoms with E-state index in [1.54, 1.807) is 35.7 Å². The summed E-state index contributed by atoms with van der Waals surface area (Å²) >= 11 is 6.96.